The summed E-state index contributed by atoms with van der Waals surface area (Å²) in [5.74, 6) is 0.905. The highest BCUT2D eigenvalue weighted by molar-refractivity contribution is 5.78. The lowest BCUT2D eigenvalue weighted by Crippen LogP contribution is -2.38. The Hall–Kier alpha value is -1.55. The van der Waals surface area contributed by atoms with E-state index in [4.69, 9.17) is 10.5 Å². The summed E-state index contributed by atoms with van der Waals surface area (Å²) in [4.78, 5) is 13.9. The maximum atomic E-state index is 12.2. The third-order valence-electron chi connectivity index (χ3n) is 3.54. The molecule has 0 aliphatic rings. The van der Waals surface area contributed by atoms with Crippen LogP contribution < -0.4 is 10.5 Å². The number of hydrogen-bond acceptors (Lipinski definition) is 3. The summed E-state index contributed by atoms with van der Waals surface area (Å²) >= 11 is 0. The highest BCUT2D eigenvalue weighted by atomic mass is 16.5. The number of carbonyl (C=O) groups excluding carboxylic acids is 1. The fourth-order valence-electron chi connectivity index (χ4n) is 2.43. The zero-order valence-corrected chi connectivity index (χ0v) is 13.7. The van der Waals surface area contributed by atoms with Crippen molar-refractivity contribution in [2.75, 3.05) is 26.7 Å². The summed E-state index contributed by atoms with van der Waals surface area (Å²) in [6, 6.07) is 6.13. The normalized spacial score (nSPS) is 12.0. The molecule has 0 heterocycles. The molecule has 0 aromatic heterocycles. The molecule has 4 nitrogen and oxygen atoms in total. The second-order valence-corrected chi connectivity index (χ2v) is 5.65. The van der Waals surface area contributed by atoms with Crippen molar-refractivity contribution in [1.82, 2.24) is 4.90 Å². The van der Waals surface area contributed by atoms with Crippen LogP contribution in [0, 0.1) is 19.8 Å². The number of nitrogens with two attached hydrogens (primary N) is 1. The molecule has 21 heavy (non-hydrogen) atoms. The molecule has 0 saturated heterocycles. The van der Waals surface area contributed by atoms with Gasteiger partial charge in [0.25, 0.3) is 0 Å². The van der Waals surface area contributed by atoms with Gasteiger partial charge in [-0.1, -0.05) is 19.4 Å². The van der Waals surface area contributed by atoms with Crippen LogP contribution in [0.1, 0.15) is 30.9 Å². The molecule has 1 aromatic carbocycles. The maximum absolute atomic E-state index is 12.2. The van der Waals surface area contributed by atoms with E-state index in [-0.39, 0.29) is 11.8 Å². The molecule has 1 rings (SSSR count). The zero-order chi connectivity index (χ0) is 15.8. The average molecular weight is 292 g/mol. The van der Waals surface area contributed by atoms with Crippen LogP contribution in [0.25, 0.3) is 0 Å². The fourth-order valence-corrected chi connectivity index (χ4v) is 2.43. The topological polar surface area (TPSA) is 55.6 Å². The molecule has 0 radical (unpaired) electrons. The molecule has 118 valence electrons. The van der Waals surface area contributed by atoms with E-state index >= 15 is 0 Å². The number of ether oxygens (including phenoxy) is 1. The van der Waals surface area contributed by atoms with E-state index in [9.17, 15) is 4.79 Å². The van der Waals surface area contributed by atoms with Crippen LogP contribution in [0.5, 0.6) is 5.75 Å². The van der Waals surface area contributed by atoms with E-state index in [1.165, 1.54) is 11.1 Å². The van der Waals surface area contributed by atoms with E-state index in [2.05, 4.69) is 13.0 Å². The van der Waals surface area contributed by atoms with Crippen molar-refractivity contribution in [3.05, 3.63) is 29.3 Å². The van der Waals surface area contributed by atoms with Crippen LogP contribution in [0.4, 0.5) is 0 Å². The van der Waals surface area contributed by atoms with Gasteiger partial charge >= 0.3 is 0 Å². The lowest BCUT2D eigenvalue weighted by molar-refractivity contribution is -0.134. The van der Waals surface area contributed by atoms with Crippen LogP contribution >= 0.6 is 0 Å². The van der Waals surface area contributed by atoms with E-state index in [0.29, 0.717) is 19.7 Å². The van der Waals surface area contributed by atoms with Crippen LogP contribution in [-0.4, -0.2) is 37.6 Å². The largest absolute Gasteiger partial charge is 0.492 e. The predicted molar refractivity (Wildman–Crippen MR) is 86.5 cm³/mol. The highest BCUT2D eigenvalue weighted by Gasteiger charge is 2.19. The lowest BCUT2D eigenvalue weighted by atomic mass is 10.0. The minimum absolute atomic E-state index is 0.0683. The van der Waals surface area contributed by atoms with Crippen molar-refractivity contribution < 1.29 is 9.53 Å². The third-order valence-corrected chi connectivity index (χ3v) is 3.54. The van der Waals surface area contributed by atoms with Gasteiger partial charge < -0.3 is 15.4 Å². The molecule has 0 fully saturated rings. The molecule has 1 aromatic rings. The Morgan fingerprint density at radius 2 is 1.90 bits per heavy atom. The van der Waals surface area contributed by atoms with Crippen molar-refractivity contribution >= 4 is 5.91 Å². The van der Waals surface area contributed by atoms with Crippen LogP contribution in [0.2, 0.25) is 0 Å². The van der Waals surface area contributed by atoms with Gasteiger partial charge in [-0.2, -0.15) is 0 Å². The molecule has 0 spiro atoms. The van der Waals surface area contributed by atoms with E-state index < -0.39 is 0 Å². The van der Waals surface area contributed by atoms with E-state index in [1.54, 1.807) is 4.90 Å². The van der Waals surface area contributed by atoms with E-state index in [0.717, 1.165) is 18.6 Å². The quantitative estimate of drug-likeness (QED) is 0.801. The number of amides is 1. The van der Waals surface area contributed by atoms with Crippen molar-refractivity contribution in [3.63, 3.8) is 0 Å². The van der Waals surface area contributed by atoms with Gasteiger partial charge in [0.2, 0.25) is 5.91 Å². The Morgan fingerprint density at radius 1 is 1.29 bits per heavy atom. The van der Waals surface area contributed by atoms with Crippen LogP contribution in [0.3, 0.4) is 0 Å². The molecule has 1 amide bonds. The molecule has 0 aliphatic heterocycles. The smallest absolute Gasteiger partial charge is 0.226 e. The van der Waals surface area contributed by atoms with Gasteiger partial charge in [-0.05, 0) is 43.5 Å². The van der Waals surface area contributed by atoms with Crippen molar-refractivity contribution in [1.29, 1.82) is 0 Å². The minimum Gasteiger partial charge on any atom is -0.492 e. The van der Waals surface area contributed by atoms with Gasteiger partial charge in [0, 0.05) is 13.6 Å². The van der Waals surface area contributed by atoms with Crippen molar-refractivity contribution in [2.24, 2.45) is 11.7 Å². The summed E-state index contributed by atoms with van der Waals surface area (Å²) < 4.78 is 5.74. The molecular weight excluding hydrogens is 264 g/mol. The number of likely N-dealkylation sites (N-methyl/N-ethyl adjacent to an activating group) is 1. The summed E-state index contributed by atoms with van der Waals surface area (Å²) in [6.45, 7) is 7.65. The van der Waals surface area contributed by atoms with Gasteiger partial charge in [-0.3, -0.25) is 4.79 Å². The zero-order valence-electron chi connectivity index (χ0n) is 13.7. The van der Waals surface area contributed by atoms with Gasteiger partial charge in [0.05, 0.1) is 12.5 Å². The minimum atomic E-state index is -0.0683. The highest BCUT2D eigenvalue weighted by Crippen LogP contribution is 2.16. The molecular formula is C17H28N2O2. The molecule has 0 saturated carbocycles. The summed E-state index contributed by atoms with van der Waals surface area (Å²) in [5, 5.41) is 0. The first-order valence-electron chi connectivity index (χ1n) is 7.64. The number of carbonyl (C=O) groups is 1. The SMILES string of the molecule is CCCC(CN)C(=O)N(C)CCOc1cc(C)cc(C)c1. The average Bonchev–Trinajstić information content (AvgIpc) is 2.42. The molecule has 1 unspecified atom stereocenters. The van der Waals surface area contributed by atoms with Crippen molar-refractivity contribution in [2.45, 2.75) is 33.6 Å². The van der Waals surface area contributed by atoms with Gasteiger partial charge in [0.15, 0.2) is 0 Å². The number of nitrogens with zero attached hydrogens (tertiary/aromatic N) is 1. The third kappa shape index (κ3) is 5.76. The lowest BCUT2D eigenvalue weighted by Gasteiger charge is -2.22. The molecule has 4 heteroatoms. The second-order valence-electron chi connectivity index (χ2n) is 5.65. The number of rotatable bonds is 8. The van der Waals surface area contributed by atoms with E-state index in [1.807, 2.05) is 33.0 Å². The number of hydrogen-bond donors (Lipinski definition) is 1. The first-order chi connectivity index (χ1) is 9.97. The first-order valence-corrected chi connectivity index (χ1v) is 7.64. The van der Waals surface area contributed by atoms with Gasteiger partial charge in [-0.25, -0.2) is 0 Å². The molecule has 2 N–H and O–H groups in total. The number of benzene rings is 1. The summed E-state index contributed by atoms with van der Waals surface area (Å²) in [6.07, 6.45) is 1.82. The predicted octanol–water partition coefficient (Wildman–Crippen LogP) is 2.52. The Kier molecular flexibility index (Phi) is 7.23. The Bertz CT molecular complexity index is 440. The van der Waals surface area contributed by atoms with Crippen LogP contribution in [-0.2, 0) is 4.79 Å². The maximum Gasteiger partial charge on any atom is 0.226 e. The first kappa shape index (κ1) is 17.5. The monoisotopic (exact) mass is 292 g/mol. The second kappa shape index (κ2) is 8.67. The fraction of sp³-hybridized carbons (Fsp3) is 0.588. The summed E-state index contributed by atoms with van der Waals surface area (Å²) in [5.41, 5.74) is 8.03. The van der Waals surface area contributed by atoms with Gasteiger partial charge in [-0.15, -0.1) is 0 Å². The Labute approximate surface area is 128 Å². The van der Waals surface area contributed by atoms with Crippen molar-refractivity contribution in [3.8, 4) is 5.75 Å². The number of aryl methyl sites for hydroxylation is 2. The van der Waals surface area contributed by atoms with Gasteiger partial charge in [0.1, 0.15) is 12.4 Å². The molecule has 0 aliphatic carbocycles. The summed E-state index contributed by atoms with van der Waals surface area (Å²) in [7, 11) is 1.81. The molecule has 0 bridgehead atoms. The Morgan fingerprint density at radius 3 is 2.43 bits per heavy atom. The Balaban J connectivity index is 2.45. The standard InChI is InChI=1S/C17H28N2O2/c1-5-6-15(12-18)17(20)19(4)7-8-21-16-10-13(2)9-14(3)11-16/h9-11,15H,5-8,12,18H2,1-4H3. The molecule has 1 atom stereocenters. The van der Waals surface area contributed by atoms with Crippen LogP contribution in [0.15, 0.2) is 18.2 Å².